The lowest BCUT2D eigenvalue weighted by atomic mass is 10.1. The Hall–Kier alpha value is -1.31. The van der Waals surface area contributed by atoms with Crippen molar-refractivity contribution in [1.29, 1.82) is 0 Å². The second kappa shape index (κ2) is 8.36. The fourth-order valence-corrected chi connectivity index (χ4v) is 3.50. The summed E-state index contributed by atoms with van der Waals surface area (Å²) in [5, 5.41) is 9.71. The highest BCUT2D eigenvalue weighted by Crippen LogP contribution is 2.30. The maximum atomic E-state index is 12.3. The number of benzene rings is 1. The van der Waals surface area contributed by atoms with Crippen molar-refractivity contribution < 1.29 is 23.1 Å². The molecule has 0 aromatic heterocycles. The van der Waals surface area contributed by atoms with Crippen LogP contribution >= 0.6 is 11.6 Å². The molecule has 0 saturated carbocycles. The second-order valence-corrected chi connectivity index (χ2v) is 6.87. The Bertz CT molecular complexity index is 618. The van der Waals surface area contributed by atoms with Gasteiger partial charge in [-0.05, 0) is 18.6 Å². The Kier molecular flexibility index (Phi) is 7.12. The topological polar surface area (TPSA) is 92.7 Å². The molecule has 0 amide bonds. The van der Waals surface area contributed by atoms with Crippen LogP contribution in [-0.2, 0) is 19.6 Å². The maximum absolute atomic E-state index is 12.3. The van der Waals surface area contributed by atoms with Crippen molar-refractivity contribution in [2.75, 3.05) is 7.11 Å². The quantitative estimate of drug-likeness (QED) is 0.555. The first-order chi connectivity index (χ1) is 10.3. The largest absolute Gasteiger partial charge is 0.505 e. The summed E-state index contributed by atoms with van der Waals surface area (Å²) < 4.78 is 31.6. The molecule has 22 heavy (non-hydrogen) atoms. The van der Waals surface area contributed by atoms with Crippen LogP contribution in [0.5, 0.6) is 5.75 Å². The van der Waals surface area contributed by atoms with Gasteiger partial charge in [0.15, 0.2) is 5.75 Å². The fourth-order valence-electron chi connectivity index (χ4n) is 1.93. The molecule has 2 N–H and O–H groups in total. The summed E-state index contributed by atoms with van der Waals surface area (Å²) in [6, 6.07) is 2.99. The van der Waals surface area contributed by atoms with Crippen molar-refractivity contribution in [1.82, 2.24) is 4.72 Å². The number of carbonyl (C=O) groups excluding carboxylic acids is 1. The molecule has 124 valence electrons. The number of phenols is 1. The molecule has 1 aromatic carbocycles. The molecule has 0 saturated heterocycles. The molecule has 0 aliphatic heterocycles. The van der Waals surface area contributed by atoms with Crippen LogP contribution in [0.3, 0.4) is 0 Å². The zero-order valence-corrected chi connectivity index (χ0v) is 14.1. The number of rotatable bonds is 8. The number of sulfonamides is 1. The molecule has 1 aromatic rings. The molecule has 1 unspecified atom stereocenters. The molecule has 0 aliphatic carbocycles. The normalized spacial score (nSPS) is 12.9. The van der Waals surface area contributed by atoms with E-state index in [2.05, 4.69) is 9.46 Å². The van der Waals surface area contributed by atoms with E-state index < -0.39 is 27.8 Å². The third kappa shape index (κ3) is 4.86. The summed E-state index contributed by atoms with van der Waals surface area (Å²) >= 11 is 5.71. The van der Waals surface area contributed by atoms with E-state index in [1.165, 1.54) is 25.3 Å². The van der Waals surface area contributed by atoms with E-state index in [1.54, 1.807) is 0 Å². The van der Waals surface area contributed by atoms with E-state index in [-0.39, 0.29) is 9.92 Å². The molecule has 0 fully saturated rings. The van der Waals surface area contributed by atoms with Crippen molar-refractivity contribution in [2.24, 2.45) is 0 Å². The number of phenolic OH excluding ortho intramolecular Hbond substituents is 1. The van der Waals surface area contributed by atoms with E-state index in [4.69, 9.17) is 11.6 Å². The first-order valence-corrected chi connectivity index (χ1v) is 8.77. The summed E-state index contributed by atoms with van der Waals surface area (Å²) in [5.74, 6) is -1.21. The van der Waals surface area contributed by atoms with E-state index >= 15 is 0 Å². The predicted molar refractivity (Wildman–Crippen MR) is 83.4 cm³/mol. The van der Waals surface area contributed by atoms with Gasteiger partial charge in [0.2, 0.25) is 10.0 Å². The molecule has 1 rings (SSSR count). The molecule has 1 atom stereocenters. The molecule has 0 aliphatic rings. The number of methoxy groups -OCH3 is 1. The first kappa shape index (κ1) is 18.7. The molecular formula is C14H20ClNO5S. The number of nitrogens with one attached hydrogen (secondary N) is 1. The maximum Gasteiger partial charge on any atom is 0.323 e. The third-order valence-corrected chi connectivity index (χ3v) is 4.93. The van der Waals surface area contributed by atoms with Gasteiger partial charge < -0.3 is 9.84 Å². The number of aromatic hydroxyl groups is 1. The molecule has 0 radical (unpaired) electrons. The first-order valence-electron chi connectivity index (χ1n) is 6.91. The number of unbranched alkanes of at least 4 members (excludes halogenated alkanes) is 2. The van der Waals surface area contributed by atoms with Gasteiger partial charge in [-0.3, -0.25) is 4.79 Å². The summed E-state index contributed by atoms with van der Waals surface area (Å²) in [4.78, 5) is 11.4. The Morgan fingerprint density at radius 2 is 2.09 bits per heavy atom. The summed E-state index contributed by atoms with van der Waals surface area (Å²) in [5.41, 5.74) is 0. The Morgan fingerprint density at radius 1 is 1.41 bits per heavy atom. The van der Waals surface area contributed by atoms with Crippen LogP contribution in [0.2, 0.25) is 5.02 Å². The summed E-state index contributed by atoms with van der Waals surface area (Å²) in [7, 11) is -2.90. The van der Waals surface area contributed by atoms with Gasteiger partial charge >= 0.3 is 5.97 Å². The highest BCUT2D eigenvalue weighted by atomic mass is 35.5. The number of ether oxygens (including phenoxy) is 1. The highest BCUT2D eigenvalue weighted by Gasteiger charge is 2.28. The average molecular weight is 350 g/mol. The summed E-state index contributed by atoms with van der Waals surface area (Å²) in [6.07, 6.45) is 2.81. The lowest BCUT2D eigenvalue weighted by Crippen LogP contribution is -2.41. The van der Waals surface area contributed by atoms with Crippen LogP contribution in [0, 0.1) is 0 Å². The van der Waals surface area contributed by atoms with Crippen molar-refractivity contribution in [3.05, 3.63) is 23.2 Å². The molecular weight excluding hydrogens is 330 g/mol. The number of para-hydroxylation sites is 1. The monoisotopic (exact) mass is 349 g/mol. The summed E-state index contributed by atoms with van der Waals surface area (Å²) in [6.45, 7) is 2.00. The molecule has 6 nitrogen and oxygen atoms in total. The van der Waals surface area contributed by atoms with Gasteiger partial charge in [-0.2, -0.15) is 4.72 Å². The number of hydrogen-bond donors (Lipinski definition) is 2. The lowest BCUT2D eigenvalue weighted by molar-refractivity contribution is -0.142. The van der Waals surface area contributed by atoms with Crippen molar-refractivity contribution in [2.45, 2.75) is 43.5 Å². The minimum absolute atomic E-state index is 0.0801. The second-order valence-electron chi connectivity index (χ2n) is 4.78. The molecule has 0 heterocycles. The van der Waals surface area contributed by atoms with E-state index in [1.807, 2.05) is 6.92 Å². The smallest absolute Gasteiger partial charge is 0.323 e. The standard InChI is InChI=1S/C14H20ClNO5S/c1-3-4-5-8-11(14(18)21-2)16-22(19,20)12-9-6-7-10(15)13(12)17/h6-7,9,11,16-17H,3-5,8H2,1-2H3. The lowest BCUT2D eigenvalue weighted by Gasteiger charge is -2.17. The van der Waals surface area contributed by atoms with E-state index in [9.17, 15) is 18.3 Å². The van der Waals surface area contributed by atoms with Gasteiger partial charge in [0, 0.05) is 0 Å². The van der Waals surface area contributed by atoms with Gasteiger partial charge in [0.1, 0.15) is 10.9 Å². The van der Waals surface area contributed by atoms with Crippen LogP contribution in [0.1, 0.15) is 32.6 Å². The van der Waals surface area contributed by atoms with Gasteiger partial charge in [-0.25, -0.2) is 8.42 Å². The highest BCUT2D eigenvalue weighted by molar-refractivity contribution is 7.89. The predicted octanol–water partition coefficient (Wildman–Crippen LogP) is 2.45. The molecule has 0 bridgehead atoms. The molecule has 0 spiro atoms. The van der Waals surface area contributed by atoms with Crippen molar-refractivity contribution >= 4 is 27.6 Å². The van der Waals surface area contributed by atoms with Gasteiger partial charge in [-0.1, -0.05) is 43.9 Å². The third-order valence-electron chi connectivity index (χ3n) is 3.12. The van der Waals surface area contributed by atoms with Gasteiger partial charge in [0.05, 0.1) is 12.1 Å². The SMILES string of the molecule is CCCCCC(NS(=O)(=O)c1cccc(Cl)c1O)C(=O)OC. The van der Waals surface area contributed by atoms with Crippen LogP contribution in [-0.4, -0.2) is 32.6 Å². The Morgan fingerprint density at radius 3 is 2.68 bits per heavy atom. The van der Waals surface area contributed by atoms with Crippen LogP contribution in [0.25, 0.3) is 0 Å². The van der Waals surface area contributed by atoms with Crippen LogP contribution in [0.15, 0.2) is 23.1 Å². The minimum atomic E-state index is -4.09. The Labute approximate surface area is 135 Å². The van der Waals surface area contributed by atoms with Crippen LogP contribution in [0.4, 0.5) is 0 Å². The Balaban J connectivity index is 2.99. The zero-order chi connectivity index (χ0) is 16.8. The van der Waals surface area contributed by atoms with E-state index in [0.717, 1.165) is 12.8 Å². The number of hydrogen-bond acceptors (Lipinski definition) is 5. The number of esters is 1. The number of carbonyl (C=O) groups is 1. The average Bonchev–Trinajstić information content (AvgIpc) is 2.48. The number of halogens is 1. The zero-order valence-electron chi connectivity index (χ0n) is 12.5. The van der Waals surface area contributed by atoms with E-state index in [0.29, 0.717) is 12.8 Å². The minimum Gasteiger partial charge on any atom is -0.505 e. The fraction of sp³-hybridized carbons (Fsp3) is 0.500. The van der Waals surface area contributed by atoms with Gasteiger partial charge in [-0.15, -0.1) is 0 Å². The van der Waals surface area contributed by atoms with Crippen LogP contribution < -0.4 is 4.72 Å². The van der Waals surface area contributed by atoms with Gasteiger partial charge in [0.25, 0.3) is 0 Å². The van der Waals surface area contributed by atoms with Crippen molar-refractivity contribution in [3.63, 3.8) is 0 Å². The van der Waals surface area contributed by atoms with Crippen molar-refractivity contribution in [3.8, 4) is 5.75 Å². The molecule has 8 heteroatoms.